The van der Waals surface area contributed by atoms with E-state index < -0.39 is 67.7 Å². The van der Waals surface area contributed by atoms with Crippen LogP contribution in [0.2, 0.25) is 0 Å². The minimum Gasteiger partial charge on any atom is -0.491 e. The van der Waals surface area contributed by atoms with Gasteiger partial charge in [0.2, 0.25) is 21.8 Å². The number of rotatable bonds is 9. The number of hydrogen-bond acceptors (Lipinski definition) is 11. The average Bonchev–Trinajstić information content (AvgIpc) is 4.07. The Balaban J connectivity index is 1.22. The van der Waals surface area contributed by atoms with Crippen LogP contribution in [0.15, 0.2) is 30.4 Å². The summed E-state index contributed by atoms with van der Waals surface area (Å²) in [4.78, 5) is 63.1. The Hall–Kier alpha value is -4.44. The van der Waals surface area contributed by atoms with E-state index in [0.29, 0.717) is 75.4 Å². The lowest BCUT2D eigenvalue weighted by atomic mass is 9.87. The number of benzene rings is 1. The number of nitrogens with zero attached hydrogens (tertiary/aromatic N) is 2. The third-order valence-electron chi connectivity index (χ3n) is 12.4. The number of ether oxygens (including phenoxy) is 4. The fourth-order valence-corrected chi connectivity index (χ4v) is 9.78. The number of amides is 4. The van der Waals surface area contributed by atoms with E-state index in [9.17, 15) is 27.6 Å². The zero-order valence-corrected chi connectivity index (χ0v) is 35.9. The van der Waals surface area contributed by atoms with E-state index in [2.05, 4.69) is 15.4 Å². The van der Waals surface area contributed by atoms with Crippen molar-refractivity contribution in [2.75, 3.05) is 33.5 Å². The molecule has 2 saturated carbocycles. The van der Waals surface area contributed by atoms with Gasteiger partial charge in [0.15, 0.2) is 0 Å². The molecule has 1 aromatic carbocycles. The Morgan fingerprint density at radius 2 is 1.86 bits per heavy atom. The maximum atomic E-state index is 14.8. The molecule has 4 heterocycles. The topological polar surface area (TPSA) is 192 Å². The number of aromatic nitrogens is 1. The van der Waals surface area contributed by atoms with Gasteiger partial charge in [-0.3, -0.25) is 19.1 Å². The highest BCUT2D eigenvalue weighted by Crippen LogP contribution is 2.49. The standard InChI is InChI=1S/C43H59N5O10S/c1-27-35-30(31-22-29(56-21-20-55-6)14-15-32(31)44-27)16-17-42(58-35)24-34-36(49)46-43(38(51)47-59(53,54)41(5)18-19-41)23-28(43)12-10-8-7-9-11-13-33(37(50)48(34)25-42)45-39(52)57-26-40(2,3)4/h10,12,14-15,22,28,33-34H,7-9,11,13,16-21,23-26H2,1-6H3,(H,45,52)(H,46,49)(H,47,51). The number of allylic oxidation sites excluding steroid dienone is 1. The molecular weight excluding hydrogens is 779 g/mol. The third-order valence-corrected chi connectivity index (χ3v) is 14.6. The molecule has 2 aromatic rings. The van der Waals surface area contributed by atoms with Gasteiger partial charge in [0.1, 0.15) is 41.3 Å². The molecule has 16 heteroatoms. The molecule has 7 rings (SSSR count). The Labute approximate surface area is 346 Å². The van der Waals surface area contributed by atoms with Gasteiger partial charge in [-0.25, -0.2) is 18.2 Å². The molecule has 3 N–H and O–H groups in total. The highest BCUT2D eigenvalue weighted by molar-refractivity contribution is 7.91. The molecule has 5 aliphatic rings. The summed E-state index contributed by atoms with van der Waals surface area (Å²) < 4.78 is 51.3. The molecule has 3 aliphatic heterocycles. The number of nitrogens with one attached hydrogen (secondary N) is 3. The monoisotopic (exact) mass is 837 g/mol. The lowest BCUT2D eigenvalue weighted by molar-refractivity contribution is -0.141. The molecule has 322 valence electrons. The molecule has 59 heavy (non-hydrogen) atoms. The molecular formula is C43H59N5O10S. The van der Waals surface area contributed by atoms with Crippen molar-refractivity contribution < 1.29 is 46.5 Å². The normalized spacial score (nSPS) is 27.9. The van der Waals surface area contributed by atoms with Gasteiger partial charge in [-0.15, -0.1) is 0 Å². The van der Waals surface area contributed by atoms with Gasteiger partial charge in [-0.05, 0) is 88.8 Å². The van der Waals surface area contributed by atoms with Crippen LogP contribution >= 0.6 is 0 Å². The Bertz CT molecular complexity index is 2130. The van der Waals surface area contributed by atoms with Crippen LogP contribution in [0.25, 0.3) is 10.9 Å². The zero-order chi connectivity index (χ0) is 42.4. The van der Waals surface area contributed by atoms with Gasteiger partial charge in [-0.2, -0.15) is 0 Å². The first-order valence-corrected chi connectivity index (χ1v) is 22.4. The van der Waals surface area contributed by atoms with E-state index in [1.165, 1.54) is 4.90 Å². The number of carbonyl (C=O) groups is 4. The SMILES string of the molecule is COCCOc1ccc2nc(C)c3c(c2c1)CCC1(CC2C(=O)NC4(C(=O)NS(=O)(=O)C5(C)CC5)CC4C=CCCCCCC(NC(=O)OCC(C)(C)C)C(=O)N2C1)O3. The van der Waals surface area contributed by atoms with Crippen LogP contribution in [-0.2, 0) is 40.3 Å². The first kappa shape index (κ1) is 42.7. The summed E-state index contributed by atoms with van der Waals surface area (Å²) in [7, 11) is -2.39. The Morgan fingerprint density at radius 3 is 2.59 bits per heavy atom. The molecule has 4 amide bonds. The van der Waals surface area contributed by atoms with Crippen LogP contribution in [0.3, 0.4) is 0 Å². The number of pyridine rings is 1. The molecule has 2 aliphatic carbocycles. The summed E-state index contributed by atoms with van der Waals surface area (Å²) in [6.07, 6.45) is 8.54. The first-order chi connectivity index (χ1) is 27.9. The fraction of sp³-hybridized carbons (Fsp3) is 0.651. The summed E-state index contributed by atoms with van der Waals surface area (Å²) in [5.74, 6) is -1.03. The first-order valence-electron chi connectivity index (χ1n) is 20.9. The molecule has 1 saturated heterocycles. The predicted octanol–water partition coefficient (Wildman–Crippen LogP) is 4.77. The van der Waals surface area contributed by atoms with Gasteiger partial charge in [0.25, 0.3) is 5.91 Å². The van der Waals surface area contributed by atoms with E-state index in [4.69, 9.17) is 23.9 Å². The van der Waals surface area contributed by atoms with Crippen molar-refractivity contribution in [3.05, 3.63) is 41.6 Å². The molecule has 5 atom stereocenters. The van der Waals surface area contributed by atoms with Crippen LogP contribution < -0.4 is 24.8 Å². The summed E-state index contributed by atoms with van der Waals surface area (Å²) >= 11 is 0. The van der Waals surface area contributed by atoms with E-state index in [1.807, 2.05) is 58.0 Å². The van der Waals surface area contributed by atoms with Crippen LogP contribution in [0.4, 0.5) is 4.79 Å². The van der Waals surface area contributed by atoms with E-state index >= 15 is 0 Å². The van der Waals surface area contributed by atoms with E-state index in [1.54, 1.807) is 14.0 Å². The highest BCUT2D eigenvalue weighted by Gasteiger charge is 2.64. The quantitative estimate of drug-likeness (QED) is 0.233. The van der Waals surface area contributed by atoms with Crippen molar-refractivity contribution in [2.24, 2.45) is 11.3 Å². The number of sulfonamides is 1. The second-order valence-electron chi connectivity index (χ2n) is 18.6. The minimum atomic E-state index is -4.00. The Morgan fingerprint density at radius 1 is 1.08 bits per heavy atom. The fourth-order valence-electron chi connectivity index (χ4n) is 8.47. The molecule has 1 spiro atoms. The number of alkyl carbamates (subject to hydrolysis) is 1. The van der Waals surface area contributed by atoms with Crippen LogP contribution in [0, 0.1) is 18.3 Å². The lowest BCUT2D eigenvalue weighted by Gasteiger charge is -2.36. The second kappa shape index (κ2) is 16.2. The molecule has 1 aromatic heterocycles. The molecule has 0 radical (unpaired) electrons. The zero-order valence-electron chi connectivity index (χ0n) is 35.1. The second-order valence-corrected chi connectivity index (χ2v) is 20.7. The van der Waals surface area contributed by atoms with Gasteiger partial charge >= 0.3 is 6.09 Å². The summed E-state index contributed by atoms with van der Waals surface area (Å²) in [5, 5.41) is 6.65. The number of hydrogen-bond donors (Lipinski definition) is 3. The Kier molecular flexibility index (Phi) is 11.7. The number of fused-ring (bicyclic) bond motifs is 5. The van der Waals surface area contributed by atoms with Crippen LogP contribution in [0.1, 0.15) is 103 Å². The summed E-state index contributed by atoms with van der Waals surface area (Å²) in [6.45, 7) is 10.3. The predicted molar refractivity (Wildman–Crippen MR) is 219 cm³/mol. The lowest BCUT2D eigenvalue weighted by Crippen LogP contribution is -2.58. The van der Waals surface area contributed by atoms with E-state index in [0.717, 1.165) is 29.3 Å². The van der Waals surface area contributed by atoms with Gasteiger partial charge < -0.3 is 34.5 Å². The molecule has 15 nitrogen and oxygen atoms in total. The smallest absolute Gasteiger partial charge is 0.407 e. The molecule has 5 unspecified atom stereocenters. The van der Waals surface area contributed by atoms with Crippen LogP contribution in [-0.4, -0.2) is 104 Å². The third kappa shape index (κ3) is 9.03. The van der Waals surface area contributed by atoms with Crippen molar-refractivity contribution >= 4 is 44.7 Å². The van der Waals surface area contributed by atoms with Gasteiger partial charge in [-0.1, -0.05) is 45.8 Å². The van der Waals surface area contributed by atoms with Crippen molar-refractivity contribution in [1.82, 2.24) is 25.2 Å². The summed E-state index contributed by atoms with van der Waals surface area (Å²) in [6, 6.07) is 3.62. The van der Waals surface area contributed by atoms with Crippen molar-refractivity contribution in [2.45, 2.75) is 133 Å². The van der Waals surface area contributed by atoms with Crippen LogP contribution in [0.5, 0.6) is 11.5 Å². The number of aryl methyl sites for hydroxylation is 2. The maximum Gasteiger partial charge on any atom is 0.407 e. The number of carbonyl (C=O) groups excluding carboxylic acids is 4. The molecule has 3 fully saturated rings. The highest BCUT2D eigenvalue weighted by atomic mass is 32.2. The van der Waals surface area contributed by atoms with Crippen molar-refractivity contribution in [3.8, 4) is 11.5 Å². The van der Waals surface area contributed by atoms with E-state index in [-0.39, 0.29) is 31.4 Å². The summed E-state index contributed by atoms with van der Waals surface area (Å²) in [5.41, 5.74) is -0.434. The average molecular weight is 838 g/mol. The largest absolute Gasteiger partial charge is 0.491 e. The van der Waals surface area contributed by atoms with Crippen molar-refractivity contribution in [3.63, 3.8) is 0 Å². The van der Waals surface area contributed by atoms with Gasteiger partial charge in [0, 0.05) is 30.4 Å². The van der Waals surface area contributed by atoms with Gasteiger partial charge in [0.05, 0.1) is 35.7 Å². The molecule has 0 bridgehead atoms. The maximum absolute atomic E-state index is 14.8. The minimum absolute atomic E-state index is 0.0332. The van der Waals surface area contributed by atoms with Crippen molar-refractivity contribution in [1.29, 1.82) is 0 Å². The number of methoxy groups -OCH3 is 1.